The van der Waals surface area contributed by atoms with Gasteiger partial charge in [-0.25, -0.2) is 0 Å². The fourth-order valence-corrected chi connectivity index (χ4v) is 2.60. The molecule has 0 aliphatic heterocycles. The van der Waals surface area contributed by atoms with Crippen LogP contribution < -0.4 is 15.4 Å². The number of carbonyl (C=O) groups excluding carboxylic acids is 2. The summed E-state index contributed by atoms with van der Waals surface area (Å²) in [4.78, 5) is 24.7. The van der Waals surface area contributed by atoms with Crippen LogP contribution in [0.1, 0.15) is 41.5 Å². The van der Waals surface area contributed by atoms with Crippen LogP contribution in [0.4, 0.5) is 5.69 Å². The van der Waals surface area contributed by atoms with Crippen molar-refractivity contribution in [2.45, 2.75) is 26.8 Å². The van der Waals surface area contributed by atoms with Crippen molar-refractivity contribution in [3.8, 4) is 5.75 Å². The highest BCUT2D eigenvalue weighted by Gasteiger charge is 2.14. The van der Waals surface area contributed by atoms with Gasteiger partial charge in [-0.1, -0.05) is 22.0 Å². The molecule has 0 saturated carbocycles. The van der Waals surface area contributed by atoms with Crippen molar-refractivity contribution in [2.75, 3.05) is 11.9 Å². The molecule has 2 rings (SSSR count). The number of rotatable bonds is 6. The number of benzene rings is 2. The fourth-order valence-electron chi connectivity index (χ4n) is 2.24. The van der Waals surface area contributed by atoms with Crippen molar-refractivity contribution in [1.29, 1.82) is 0 Å². The van der Waals surface area contributed by atoms with E-state index < -0.39 is 0 Å². The third kappa shape index (κ3) is 5.32. The first-order valence-electron chi connectivity index (χ1n) is 8.05. The van der Waals surface area contributed by atoms with Crippen molar-refractivity contribution >= 4 is 33.4 Å². The lowest BCUT2D eigenvalue weighted by Crippen LogP contribution is -2.30. The number of hydrogen-bond acceptors (Lipinski definition) is 3. The molecule has 5 nitrogen and oxygen atoms in total. The topological polar surface area (TPSA) is 67.4 Å². The summed E-state index contributed by atoms with van der Waals surface area (Å²) in [6, 6.07) is 12.1. The van der Waals surface area contributed by atoms with Gasteiger partial charge in [0.05, 0.1) is 12.2 Å². The van der Waals surface area contributed by atoms with Gasteiger partial charge in [0.15, 0.2) is 0 Å². The second-order valence-electron chi connectivity index (χ2n) is 5.74. The number of amides is 2. The molecule has 2 amide bonds. The summed E-state index contributed by atoms with van der Waals surface area (Å²) in [5.74, 6) is 0.0339. The predicted octanol–water partition coefficient (Wildman–Crippen LogP) is 4.24. The molecule has 2 N–H and O–H groups in total. The average Bonchev–Trinajstić information content (AvgIpc) is 2.56. The maximum Gasteiger partial charge on any atom is 0.259 e. The highest BCUT2D eigenvalue weighted by molar-refractivity contribution is 9.10. The lowest BCUT2D eigenvalue weighted by Gasteiger charge is -2.12. The number of carbonyl (C=O) groups is 2. The van der Waals surface area contributed by atoms with Crippen LogP contribution in [0.3, 0.4) is 0 Å². The van der Waals surface area contributed by atoms with E-state index in [4.69, 9.17) is 4.74 Å². The monoisotopic (exact) mass is 404 g/mol. The summed E-state index contributed by atoms with van der Waals surface area (Å²) in [7, 11) is 0. The normalized spacial score (nSPS) is 10.4. The molecule has 0 atom stereocenters. The Morgan fingerprint density at radius 2 is 1.88 bits per heavy atom. The summed E-state index contributed by atoms with van der Waals surface area (Å²) < 4.78 is 6.29. The zero-order valence-corrected chi connectivity index (χ0v) is 16.0. The molecular weight excluding hydrogens is 384 g/mol. The van der Waals surface area contributed by atoms with Crippen LogP contribution in [0.5, 0.6) is 5.75 Å². The lowest BCUT2D eigenvalue weighted by atomic mass is 10.1. The second kappa shape index (κ2) is 8.67. The van der Waals surface area contributed by atoms with Gasteiger partial charge >= 0.3 is 0 Å². The molecule has 0 saturated heterocycles. The smallest absolute Gasteiger partial charge is 0.259 e. The molecule has 0 unspecified atom stereocenters. The first-order chi connectivity index (χ1) is 11.9. The summed E-state index contributed by atoms with van der Waals surface area (Å²) in [6.07, 6.45) is 0. The molecule has 0 fully saturated rings. The van der Waals surface area contributed by atoms with Crippen molar-refractivity contribution in [2.24, 2.45) is 0 Å². The molecule has 0 radical (unpaired) electrons. The number of hydrogen-bond donors (Lipinski definition) is 2. The third-order valence-corrected chi connectivity index (χ3v) is 3.78. The molecule has 0 bridgehead atoms. The van der Waals surface area contributed by atoms with E-state index in [-0.39, 0.29) is 17.9 Å². The number of anilines is 1. The Morgan fingerprint density at radius 3 is 2.56 bits per heavy atom. The molecule has 2 aromatic carbocycles. The van der Waals surface area contributed by atoms with E-state index in [1.807, 2.05) is 26.8 Å². The van der Waals surface area contributed by atoms with Gasteiger partial charge in [-0.05, 0) is 57.2 Å². The minimum Gasteiger partial charge on any atom is -0.493 e. The Hall–Kier alpha value is -2.34. The van der Waals surface area contributed by atoms with Crippen LogP contribution in [0.2, 0.25) is 0 Å². The summed E-state index contributed by atoms with van der Waals surface area (Å²) in [6.45, 7) is 6.12. The average molecular weight is 405 g/mol. The maximum absolute atomic E-state index is 12.6. The first kappa shape index (κ1) is 19.0. The third-order valence-electron chi connectivity index (χ3n) is 3.29. The van der Waals surface area contributed by atoms with Gasteiger partial charge in [-0.15, -0.1) is 0 Å². The molecular formula is C19H21BrN2O3. The van der Waals surface area contributed by atoms with E-state index in [2.05, 4.69) is 26.6 Å². The molecule has 0 aromatic heterocycles. The van der Waals surface area contributed by atoms with Gasteiger partial charge in [0.25, 0.3) is 11.8 Å². The zero-order chi connectivity index (χ0) is 18.4. The van der Waals surface area contributed by atoms with Gasteiger partial charge in [0.2, 0.25) is 0 Å². The minimum atomic E-state index is -0.300. The lowest BCUT2D eigenvalue weighted by molar-refractivity contribution is 0.0941. The molecule has 0 heterocycles. The van der Waals surface area contributed by atoms with Crippen LogP contribution in [-0.4, -0.2) is 24.5 Å². The Kier molecular flexibility index (Phi) is 6.58. The highest BCUT2D eigenvalue weighted by Crippen LogP contribution is 2.24. The van der Waals surface area contributed by atoms with Gasteiger partial charge in [-0.3, -0.25) is 9.59 Å². The summed E-state index contributed by atoms with van der Waals surface area (Å²) in [5.41, 5.74) is 1.46. The number of ether oxygens (including phenoxy) is 1. The van der Waals surface area contributed by atoms with Gasteiger partial charge in [0, 0.05) is 21.8 Å². The van der Waals surface area contributed by atoms with Crippen molar-refractivity contribution in [3.05, 3.63) is 58.1 Å². The van der Waals surface area contributed by atoms with Crippen molar-refractivity contribution < 1.29 is 14.3 Å². The van der Waals surface area contributed by atoms with Crippen LogP contribution in [0, 0.1) is 0 Å². The van der Waals surface area contributed by atoms with Gasteiger partial charge < -0.3 is 15.4 Å². The Balaban J connectivity index is 2.21. The Labute approximate surface area is 155 Å². The first-order valence-corrected chi connectivity index (χ1v) is 8.84. The van der Waals surface area contributed by atoms with E-state index in [9.17, 15) is 9.59 Å². The van der Waals surface area contributed by atoms with Crippen molar-refractivity contribution in [3.63, 3.8) is 0 Å². The second-order valence-corrected chi connectivity index (χ2v) is 6.65. The molecule has 0 spiro atoms. The quantitative estimate of drug-likeness (QED) is 0.756. The van der Waals surface area contributed by atoms with Crippen LogP contribution >= 0.6 is 15.9 Å². The predicted molar refractivity (Wildman–Crippen MR) is 102 cm³/mol. The number of halogens is 1. The zero-order valence-electron chi connectivity index (χ0n) is 14.4. The Bertz CT molecular complexity index is 775. The standard InChI is InChI=1S/C19H21BrN2O3/c1-4-25-17-9-8-14(20)11-16(17)19(24)22-15-7-5-6-13(10-15)18(23)21-12(2)3/h5-12H,4H2,1-3H3,(H,21,23)(H,22,24). The molecule has 2 aromatic rings. The van der Waals surface area contributed by atoms with E-state index in [0.717, 1.165) is 4.47 Å². The van der Waals surface area contributed by atoms with E-state index >= 15 is 0 Å². The van der Waals surface area contributed by atoms with Crippen molar-refractivity contribution in [1.82, 2.24) is 5.32 Å². The van der Waals surface area contributed by atoms with E-state index in [1.54, 1.807) is 36.4 Å². The van der Waals surface area contributed by atoms with Crippen LogP contribution in [-0.2, 0) is 0 Å². The highest BCUT2D eigenvalue weighted by atomic mass is 79.9. The summed E-state index contributed by atoms with van der Waals surface area (Å²) >= 11 is 3.37. The molecule has 6 heteroatoms. The number of nitrogens with one attached hydrogen (secondary N) is 2. The molecule has 0 aliphatic rings. The molecule has 0 aliphatic carbocycles. The molecule has 132 valence electrons. The van der Waals surface area contributed by atoms with E-state index in [1.165, 1.54) is 0 Å². The Morgan fingerprint density at radius 1 is 1.12 bits per heavy atom. The van der Waals surface area contributed by atoms with Crippen LogP contribution in [0.15, 0.2) is 46.9 Å². The SMILES string of the molecule is CCOc1ccc(Br)cc1C(=O)Nc1cccc(C(=O)NC(C)C)c1. The van der Waals surface area contributed by atoms with Crippen LogP contribution in [0.25, 0.3) is 0 Å². The fraction of sp³-hybridized carbons (Fsp3) is 0.263. The summed E-state index contributed by atoms with van der Waals surface area (Å²) in [5, 5.41) is 5.64. The largest absolute Gasteiger partial charge is 0.493 e. The molecule has 25 heavy (non-hydrogen) atoms. The van der Waals surface area contributed by atoms with Gasteiger partial charge in [-0.2, -0.15) is 0 Å². The maximum atomic E-state index is 12.6. The minimum absolute atomic E-state index is 0.0427. The van der Waals surface area contributed by atoms with Gasteiger partial charge in [0.1, 0.15) is 5.75 Å². The van der Waals surface area contributed by atoms with E-state index in [0.29, 0.717) is 29.2 Å².